The Kier molecular flexibility index (Phi) is 14.2. The highest BCUT2D eigenvalue weighted by Gasteiger charge is 2.34. The van der Waals surface area contributed by atoms with Crippen LogP contribution < -0.4 is 19.7 Å². The molecule has 2 unspecified atom stereocenters. The number of rotatable bonds is 17. The zero-order valence-electron chi connectivity index (χ0n) is 31.5. The van der Waals surface area contributed by atoms with Crippen molar-refractivity contribution in [2.45, 2.75) is 58.0 Å². The lowest BCUT2D eigenvalue weighted by atomic mass is 9.87. The number of para-hydroxylation sites is 2. The first-order chi connectivity index (χ1) is 26.5. The first-order valence-electron chi connectivity index (χ1n) is 19.0. The Labute approximate surface area is 319 Å². The number of methoxy groups -OCH3 is 1. The number of piperidine rings is 1. The van der Waals surface area contributed by atoms with Gasteiger partial charge in [-0.1, -0.05) is 78.9 Å². The van der Waals surface area contributed by atoms with Crippen LogP contribution >= 0.6 is 0 Å². The fourth-order valence-electron chi connectivity index (χ4n) is 7.25. The van der Waals surface area contributed by atoms with E-state index >= 15 is 0 Å². The molecule has 2 saturated heterocycles. The molecule has 286 valence electrons. The van der Waals surface area contributed by atoms with E-state index in [0.717, 1.165) is 71.8 Å². The van der Waals surface area contributed by atoms with Crippen molar-refractivity contribution in [3.63, 3.8) is 0 Å². The molecule has 10 nitrogen and oxygen atoms in total. The summed E-state index contributed by atoms with van der Waals surface area (Å²) in [5.74, 6) is 2.13. The minimum Gasteiger partial charge on any atom is -0.496 e. The number of hydrogen-bond donors (Lipinski definition) is 1. The molecule has 2 aliphatic heterocycles. The predicted molar refractivity (Wildman–Crippen MR) is 209 cm³/mol. The van der Waals surface area contributed by atoms with Crippen LogP contribution in [0.15, 0.2) is 103 Å². The fraction of sp³-hybridized carbons (Fsp3) is 0.409. The summed E-state index contributed by atoms with van der Waals surface area (Å²) >= 11 is 0. The molecule has 0 aliphatic carbocycles. The van der Waals surface area contributed by atoms with Gasteiger partial charge < -0.3 is 38.8 Å². The summed E-state index contributed by atoms with van der Waals surface area (Å²) in [6, 6.07) is 34.3. The Bertz CT molecular complexity index is 1770. The second-order valence-electron chi connectivity index (χ2n) is 14.0. The number of anilines is 1. The average molecular weight is 736 g/mol. The van der Waals surface area contributed by atoms with Gasteiger partial charge in [0.1, 0.15) is 18.1 Å². The van der Waals surface area contributed by atoms with Gasteiger partial charge >= 0.3 is 6.09 Å². The monoisotopic (exact) mass is 735 g/mol. The van der Waals surface area contributed by atoms with Crippen molar-refractivity contribution in [2.24, 2.45) is 5.92 Å². The molecule has 4 aromatic rings. The van der Waals surface area contributed by atoms with Crippen LogP contribution in [-0.4, -0.2) is 76.1 Å². The molecule has 2 fully saturated rings. The molecule has 1 N–H and O–H groups in total. The highest BCUT2D eigenvalue weighted by atomic mass is 16.6. The van der Waals surface area contributed by atoms with Gasteiger partial charge in [-0.25, -0.2) is 4.79 Å². The number of ether oxygens (including phenoxy) is 5. The van der Waals surface area contributed by atoms with Crippen molar-refractivity contribution in [2.75, 3.05) is 57.9 Å². The highest BCUT2D eigenvalue weighted by molar-refractivity contribution is 5.72. The number of amides is 2. The minimum absolute atomic E-state index is 0.00613. The number of hydrogen-bond acceptors (Lipinski definition) is 8. The third kappa shape index (κ3) is 11.0. The van der Waals surface area contributed by atoms with Gasteiger partial charge in [-0.2, -0.15) is 0 Å². The van der Waals surface area contributed by atoms with Crippen molar-refractivity contribution in [3.05, 3.63) is 125 Å². The van der Waals surface area contributed by atoms with Crippen molar-refractivity contribution < 1.29 is 33.3 Å². The number of carbonyl (C=O) groups excluding carboxylic acids is 2. The standard InChI is InChI=1S/C44H53N3O7/c1-33(48)45-27-35-21-23-46(28-35)41-15-8-6-13-37(41)32-53-43-29-47(44(49)54-30-34-11-4-3-5-12-34)24-22-40(43)36-17-19-39(20-18-36)52-26-10-25-51-31-38-14-7-9-16-42(38)50-2/h3-9,11-20,35,40,43H,10,21-32H2,1-2H3,(H,45,48)/t35-,40?,43?/m1/s1. The second kappa shape index (κ2) is 19.9. The molecule has 0 saturated carbocycles. The second-order valence-corrected chi connectivity index (χ2v) is 14.0. The summed E-state index contributed by atoms with van der Waals surface area (Å²) in [5.41, 5.74) is 5.39. The zero-order valence-corrected chi connectivity index (χ0v) is 31.5. The van der Waals surface area contributed by atoms with Crippen molar-refractivity contribution in [1.29, 1.82) is 0 Å². The van der Waals surface area contributed by atoms with E-state index < -0.39 is 0 Å². The predicted octanol–water partition coefficient (Wildman–Crippen LogP) is 7.35. The smallest absolute Gasteiger partial charge is 0.410 e. The summed E-state index contributed by atoms with van der Waals surface area (Å²) in [4.78, 5) is 28.9. The van der Waals surface area contributed by atoms with E-state index in [9.17, 15) is 9.59 Å². The maximum absolute atomic E-state index is 13.3. The lowest BCUT2D eigenvalue weighted by Gasteiger charge is -2.38. The van der Waals surface area contributed by atoms with E-state index in [-0.39, 0.29) is 30.6 Å². The molecule has 2 aliphatic rings. The summed E-state index contributed by atoms with van der Waals surface area (Å²) in [7, 11) is 1.67. The molecule has 0 bridgehead atoms. The number of nitrogens with zero attached hydrogens (tertiary/aromatic N) is 2. The van der Waals surface area contributed by atoms with Gasteiger partial charge in [0, 0.05) is 62.3 Å². The third-order valence-electron chi connectivity index (χ3n) is 10.2. The van der Waals surface area contributed by atoms with Gasteiger partial charge in [0.05, 0.1) is 46.2 Å². The van der Waals surface area contributed by atoms with E-state index in [1.54, 1.807) is 18.9 Å². The first-order valence-corrected chi connectivity index (χ1v) is 19.0. The van der Waals surface area contributed by atoms with Crippen molar-refractivity contribution >= 4 is 17.7 Å². The van der Waals surface area contributed by atoms with Crippen molar-refractivity contribution in [1.82, 2.24) is 10.2 Å². The third-order valence-corrected chi connectivity index (χ3v) is 10.2. The van der Waals surface area contributed by atoms with Gasteiger partial charge in [-0.3, -0.25) is 4.79 Å². The zero-order chi connectivity index (χ0) is 37.5. The lowest BCUT2D eigenvalue weighted by Crippen LogP contribution is -2.47. The Hall–Kier alpha value is -5.06. The topological polar surface area (TPSA) is 98.8 Å². The number of likely N-dealkylation sites (tertiary alicyclic amines) is 1. The van der Waals surface area contributed by atoms with Crippen LogP contribution in [0.1, 0.15) is 54.4 Å². The number of nitrogens with one attached hydrogen (secondary N) is 1. The van der Waals surface area contributed by atoms with E-state index in [4.69, 9.17) is 23.7 Å². The fourth-order valence-corrected chi connectivity index (χ4v) is 7.25. The molecule has 10 heteroatoms. The van der Waals surface area contributed by atoms with E-state index in [1.165, 1.54) is 0 Å². The van der Waals surface area contributed by atoms with Crippen LogP contribution in [0, 0.1) is 5.92 Å². The average Bonchev–Trinajstić information content (AvgIpc) is 3.69. The van der Waals surface area contributed by atoms with Gasteiger partial charge in [-0.15, -0.1) is 0 Å². The maximum Gasteiger partial charge on any atom is 0.410 e. The summed E-state index contributed by atoms with van der Waals surface area (Å²) in [6.07, 6.45) is 1.96. The molecule has 2 amide bonds. The Balaban J connectivity index is 1.06. The van der Waals surface area contributed by atoms with Gasteiger partial charge in [-0.05, 0) is 54.2 Å². The van der Waals surface area contributed by atoms with Crippen LogP contribution in [0.4, 0.5) is 10.5 Å². The molecule has 54 heavy (non-hydrogen) atoms. The largest absolute Gasteiger partial charge is 0.496 e. The Morgan fingerprint density at radius 2 is 1.54 bits per heavy atom. The highest BCUT2D eigenvalue weighted by Crippen LogP contribution is 2.34. The quantitative estimate of drug-likeness (QED) is 0.113. The van der Waals surface area contributed by atoms with Gasteiger partial charge in [0.15, 0.2) is 0 Å². The van der Waals surface area contributed by atoms with Crippen LogP contribution in [-0.2, 0) is 38.8 Å². The Morgan fingerprint density at radius 3 is 2.33 bits per heavy atom. The van der Waals surface area contributed by atoms with Gasteiger partial charge in [0.25, 0.3) is 0 Å². The lowest BCUT2D eigenvalue weighted by molar-refractivity contribution is -0.119. The van der Waals surface area contributed by atoms with E-state index in [1.807, 2.05) is 72.8 Å². The summed E-state index contributed by atoms with van der Waals surface area (Å²) in [6.45, 7) is 7.33. The number of benzene rings is 4. The van der Waals surface area contributed by atoms with Gasteiger partial charge in [0.2, 0.25) is 5.91 Å². The first kappa shape index (κ1) is 38.7. The summed E-state index contributed by atoms with van der Waals surface area (Å²) in [5, 5.41) is 2.97. The molecule has 6 rings (SSSR count). The molecular weight excluding hydrogens is 682 g/mol. The number of carbonyl (C=O) groups is 2. The molecule has 2 heterocycles. The van der Waals surface area contributed by atoms with Crippen molar-refractivity contribution in [3.8, 4) is 11.5 Å². The molecule has 4 aromatic carbocycles. The van der Waals surface area contributed by atoms with E-state index in [0.29, 0.717) is 52.0 Å². The van der Waals surface area contributed by atoms with Crippen LogP contribution in [0.3, 0.4) is 0 Å². The molecule has 0 spiro atoms. The minimum atomic E-state index is -0.329. The SMILES string of the molecule is COc1ccccc1COCCCOc1ccc(C2CCN(C(=O)OCc3ccccc3)CC2OCc2ccccc2N2CC[C@H](CNC(C)=O)C2)cc1. The Morgan fingerprint density at radius 1 is 0.778 bits per heavy atom. The normalized spacial score (nSPS) is 18.3. The van der Waals surface area contributed by atoms with Crippen LogP contribution in [0.5, 0.6) is 11.5 Å². The molecule has 0 radical (unpaired) electrons. The maximum atomic E-state index is 13.3. The molecule has 0 aromatic heterocycles. The van der Waals surface area contributed by atoms with Crippen LogP contribution in [0.2, 0.25) is 0 Å². The summed E-state index contributed by atoms with van der Waals surface area (Å²) < 4.78 is 29.8. The molecule has 3 atom stereocenters. The van der Waals surface area contributed by atoms with Crippen LogP contribution in [0.25, 0.3) is 0 Å². The molecular formula is C44H53N3O7. The van der Waals surface area contributed by atoms with E-state index in [2.05, 4.69) is 40.5 Å².